The van der Waals surface area contributed by atoms with Crippen molar-refractivity contribution in [3.63, 3.8) is 0 Å². The zero-order valence-electron chi connectivity index (χ0n) is 16.6. The summed E-state index contributed by atoms with van der Waals surface area (Å²) >= 11 is 0. The molecule has 1 heterocycles. The van der Waals surface area contributed by atoms with Gasteiger partial charge in [0.2, 0.25) is 0 Å². The van der Waals surface area contributed by atoms with Crippen molar-refractivity contribution in [2.24, 2.45) is 5.73 Å². The highest BCUT2D eigenvalue weighted by Gasteiger charge is 2.48. The summed E-state index contributed by atoms with van der Waals surface area (Å²) in [6, 6.07) is 0. The smallest absolute Gasteiger partial charge is 0.376 e. The monoisotopic (exact) mass is 449 g/mol. The predicted molar refractivity (Wildman–Crippen MR) is 101 cm³/mol. The number of rotatable bonds is 15. The molecule has 4 N–H and O–H groups in total. The molecule has 0 spiro atoms. The van der Waals surface area contributed by atoms with Crippen LogP contribution in [0.3, 0.4) is 0 Å². The van der Waals surface area contributed by atoms with Gasteiger partial charge in [-0.2, -0.15) is 0 Å². The molecule has 0 aromatic carbocycles. The Hall–Kier alpha value is 0.1000. The van der Waals surface area contributed by atoms with E-state index in [1.165, 1.54) is 7.11 Å². The summed E-state index contributed by atoms with van der Waals surface area (Å²) in [5.74, 6) is 0. The third-order valence-electron chi connectivity index (χ3n) is 4.12. The van der Waals surface area contributed by atoms with Gasteiger partial charge in [0.15, 0.2) is 0 Å². The van der Waals surface area contributed by atoms with Crippen LogP contribution in [0.1, 0.15) is 39.5 Å². The fourth-order valence-corrected chi connectivity index (χ4v) is 4.55. The van der Waals surface area contributed by atoms with E-state index in [2.05, 4.69) is 4.52 Å². The molecule has 13 heteroatoms. The summed E-state index contributed by atoms with van der Waals surface area (Å²) in [4.78, 5) is 19.6. The Balaban J connectivity index is 2.62. The first-order chi connectivity index (χ1) is 13.2. The van der Waals surface area contributed by atoms with Gasteiger partial charge in [0, 0.05) is 7.11 Å². The highest BCUT2D eigenvalue weighted by molar-refractivity contribution is 7.47. The first-order valence-corrected chi connectivity index (χ1v) is 12.3. The maximum atomic E-state index is 12.3. The topological polar surface area (TPSA) is 156 Å². The van der Waals surface area contributed by atoms with Crippen LogP contribution < -0.4 is 5.73 Å². The van der Waals surface area contributed by atoms with Crippen LogP contribution in [0.15, 0.2) is 0 Å². The van der Waals surface area contributed by atoms with Gasteiger partial charge in [-0.15, -0.1) is 0 Å². The standard InChI is InChI=1S/C15H33NO10P2/c1-4-22-27(17,18)24-11-13-15(14(21-3)12(2)25-13)26-28(19,20)23-10-8-6-5-7-9-16/h12-15H,4-11,16H2,1-3H3,(H,17,18)(H,19,20)/t12-,13+,14?,15-/m0/s1. The highest BCUT2D eigenvalue weighted by atomic mass is 31.2. The van der Waals surface area contributed by atoms with E-state index in [4.69, 9.17) is 28.8 Å². The van der Waals surface area contributed by atoms with Crippen molar-refractivity contribution in [2.75, 3.05) is 33.5 Å². The summed E-state index contributed by atoms with van der Waals surface area (Å²) in [6.07, 6.45) is 0.0747. The van der Waals surface area contributed by atoms with Crippen LogP contribution in [0.25, 0.3) is 0 Å². The van der Waals surface area contributed by atoms with Gasteiger partial charge in [-0.05, 0) is 33.2 Å². The quantitative estimate of drug-likeness (QED) is 0.248. The van der Waals surface area contributed by atoms with Crippen molar-refractivity contribution < 1.29 is 46.5 Å². The van der Waals surface area contributed by atoms with Crippen LogP contribution >= 0.6 is 15.6 Å². The Kier molecular flexibility index (Phi) is 11.9. The van der Waals surface area contributed by atoms with Crippen LogP contribution in [0, 0.1) is 0 Å². The van der Waals surface area contributed by atoms with Gasteiger partial charge in [0.05, 0.1) is 25.9 Å². The average Bonchev–Trinajstić information content (AvgIpc) is 2.90. The minimum atomic E-state index is -4.39. The Labute approximate surface area is 166 Å². The number of unbranched alkanes of at least 4 members (excludes halogenated alkanes) is 3. The Morgan fingerprint density at radius 1 is 1.00 bits per heavy atom. The number of hydrogen-bond acceptors (Lipinski definition) is 9. The molecule has 0 aliphatic carbocycles. The normalized spacial score (nSPS) is 29.5. The lowest BCUT2D eigenvalue weighted by molar-refractivity contribution is -0.0219. The fourth-order valence-electron chi connectivity index (χ4n) is 2.83. The fraction of sp³-hybridized carbons (Fsp3) is 1.00. The minimum absolute atomic E-state index is 0.0126. The first kappa shape index (κ1) is 26.1. The SMILES string of the molecule is CCOP(=O)(O)OC[C@H]1O[C@@H](C)C(OC)[C@H]1OP(=O)(O)OCCCCCCN. The van der Waals surface area contributed by atoms with Gasteiger partial charge in [0.25, 0.3) is 0 Å². The van der Waals surface area contributed by atoms with Crippen LogP contribution in [-0.2, 0) is 36.7 Å². The molecule has 0 aromatic rings. The third kappa shape index (κ3) is 9.28. The molecule has 1 saturated heterocycles. The number of phosphoric ester groups is 2. The van der Waals surface area contributed by atoms with E-state index >= 15 is 0 Å². The van der Waals surface area contributed by atoms with E-state index in [0.717, 1.165) is 19.3 Å². The maximum absolute atomic E-state index is 12.3. The summed E-state index contributed by atoms with van der Waals surface area (Å²) < 4.78 is 54.7. The summed E-state index contributed by atoms with van der Waals surface area (Å²) in [5.41, 5.74) is 5.41. The lowest BCUT2D eigenvalue weighted by atomic mass is 10.1. The molecule has 1 rings (SSSR count). The predicted octanol–water partition coefficient (Wildman–Crippen LogP) is 1.96. The molecule has 1 aliphatic heterocycles. The molecule has 0 amide bonds. The number of phosphoric acid groups is 2. The zero-order chi connectivity index (χ0) is 21.2. The van der Waals surface area contributed by atoms with Gasteiger partial charge in [-0.1, -0.05) is 12.8 Å². The largest absolute Gasteiger partial charge is 0.472 e. The van der Waals surface area contributed by atoms with Gasteiger partial charge >= 0.3 is 15.6 Å². The number of methoxy groups -OCH3 is 1. The number of nitrogens with two attached hydrogens (primary N) is 1. The van der Waals surface area contributed by atoms with Crippen molar-refractivity contribution in [3.8, 4) is 0 Å². The molecule has 0 radical (unpaired) electrons. The Morgan fingerprint density at radius 2 is 1.68 bits per heavy atom. The van der Waals surface area contributed by atoms with E-state index in [0.29, 0.717) is 13.0 Å². The molecule has 0 bridgehead atoms. The van der Waals surface area contributed by atoms with Crippen LogP contribution in [0.2, 0.25) is 0 Å². The Morgan fingerprint density at radius 3 is 2.29 bits per heavy atom. The molecule has 6 atom stereocenters. The second-order valence-electron chi connectivity index (χ2n) is 6.34. The lowest BCUT2D eigenvalue weighted by Crippen LogP contribution is -2.37. The maximum Gasteiger partial charge on any atom is 0.472 e. The van der Waals surface area contributed by atoms with Crippen LogP contribution in [-0.4, -0.2) is 67.7 Å². The summed E-state index contributed by atoms with van der Waals surface area (Å²) in [5, 5.41) is 0. The minimum Gasteiger partial charge on any atom is -0.376 e. The molecule has 168 valence electrons. The molecular weight excluding hydrogens is 416 g/mol. The second-order valence-corrected chi connectivity index (χ2v) is 9.20. The summed E-state index contributed by atoms with van der Waals surface area (Å²) in [7, 11) is -7.24. The third-order valence-corrected chi connectivity index (χ3v) is 6.20. The van der Waals surface area contributed by atoms with Gasteiger partial charge in [0.1, 0.15) is 18.3 Å². The van der Waals surface area contributed by atoms with Crippen molar-refractivity contribution in [1.82, 2.24) is 0 Å². The molecule has 3 unspecified atom stereocenters. The zero-order valence-corrected chi connectivity index (χ0v) is 18.4. The van der Waals surface area contributed by atoms with Crippen molar-refractivity contribution in [1.29, 1.82) is 0 Å². The molecular formula is C15H33NO10P2. The van der Waals surface area contributed by atoms with E-state index in [-0.39, 0.29) is 19.8 Å². The highest BCUT2D eigenvalue weighted by Crippen LogP contribution is 2.49. The van der Waals surface area contributed by atoms with E-state index in [1.807, 2.05) is 0 Å². The number of ether oxygens (including phenoxy) is 2. The van der Waals surface area contributed by atoms with Crippen LogP contribution in [0.5, 0.6) is 0 Å². The van der Waals surface area contributed by atoms with Crippen molar-refractivity contribution in [3.05, 3.63) is 0 Å². The Bertz CT molecular complexity index is 537. The van der Waals surface area contributed by atoms with Crippen LogP contribution in [0.4, 0.5) is 0 Å². The lowest BCUT2D eigenvalue weighted by Gasteiger charge is -2.25. The molecule has 11 nitrogen and oxygen atoms in total. The van der Waals surface area contributed by atoms with Gasteiger partial charge < -0.3 is 25.0 Å². The molecule has 0 aromatic heterocycles. The first-order valence-electron chi connectivity index (χ1n) is 9.31. The van der Waals surface area contributed by atoms with E-state index in [9.17, 15) is 18.9 Å². The van der Waals surface area contributed by atoms with Crippen molar-refractivity contribution in [2.45, 2.75) is 63.9 Å². The average molecular weight is 449 g/mol. The molecule has 1 aliphatic rings. The number of hydrogen-bond donors (Lipinski definition) is 3. The van der Waals surface area contributed by atoms with Gasteiger partial charge in [-0.25, -0.2) is 9.13 Å². The summed E-state index contributed by atoms with van der Waals surface area (Å²) in [6.45, 7) is 3.49. The van der Waals surface area contributed by atoms with Gasteiger partial charge in [-0.3, -0.25) is 18.1 Å². The van der Waals surface area contributed by atoms with Crippen molar-refractivity contribution >= 4 is 15.6 Å². The molecule has 28 heavy (non-hydrogen) atoms. The van der Waals surface area contributed by atoms with E-state index in [1.54, 1.807) is 13.8 Å². The molecule has 0 saturated carbocycles. The second kappa shape index (κ2) is 12.7. The molecule has 1 fully saturated rings. The van der Waals surface area contributed by atoms with E-state index < -0.39 is 40.1 Å².